The molecule has 3 nitrogen and oxygen atoms in total. The van der Waals surface area contributed by atoms with Gasteiger partial charge in [0.1, 0.15) is 5.69 Å². The van der Waals surface area contributed by atoms with Crippen LogP contribution < -0.4 is 5.73 Å². The first kappa shape index (κ1) is 8.36. The molecule has 4 heteroatoms. The van der Waals surface area contributed by atoms with Crippen LogP contribution in [0.4, 0.5) is 5.69 Å². The molecular formula is C7H7BrN2O. The Bertz CT molecular complexity index is 275. The van der Waals surface area contributed by atoms with Crippen LogP contribution in [0, 0.1) is 4.91 Å². The average molecular weight is 215 g/mol. The SMILES string of the molecule is NCc1ccc(Br)c(N=O)c1. The number of hydrogen-bond donors (Lipinski definition) is 1. The van der Waals surface area contributed by atoms with Gasteiger partial charge in [0.25, 0.3) is 0 Å². The van der Waals surface area contributed by atoms with E-state index in [9.17, 15) is 4.91 Å². The van der Waals surface area contributed by atoms with E-state index < -0.39 is 0 Å². The fourth-order valence-corrected chi connectivity index (χ4v) is 1.07. The first-order valence-corrected chi connectivity index (χ1v) is 3.89. The van der Waals surface area contributed by atoms with Crippen LogP contribution in [0.3, 0.4) is 0 Å². The van der Waals surface area contributed by atoms with E-state index in [0.29, 0.717) is 16.7 Å². The largest absolute Gasteiger partial charge is 0.326 e. The van der Waals surface area contributed by atoms with E-state index >= 15 is 0 Å². The molecule has 0 aromatic heterocycles. The van der Waals surface area contributed by atoms with E-state index in [1.807, 2.05) is 6.07 Å². The maximum Gasteiger partial charge on any atom is 0.122 e. The standard InChI is InChI=1S/C7H7BrN2O/c8-6-2-1-5(4-9)3-7(6)10-11/h1-3H,4,9H2. The molecule has 0 spiro atoms. The van der Waals surface area contributed by atoms with Gasteiger partial charge in [0, 0.05) is 11.0 Å². The van der Waals surface area contributed by atoms with Gasteiger partial charge in [-0.25, -0.2) is 0 Å². The van der Waals surface area contributed by atoms with Gasteiger partial charge in [-0.1, -0.05) is 6.07 Å². The molecule has 1 aromatic rings. The van der Waals surface area contributed by atoms with Crippen molar-refractivity contribution in [3.63, 3.8) is 0 Å². The number of rotatable bonds is 2. The number of halogens is 1. The van der Waals surface area contributed by atoms with Crippen molar-refractivity contribution in [2.24, 2.45) is 10.9 Å². The quantitative estimate of drug-likeness (QED) is 0.769. The predicted molar refractivity (Wildman–Crippen MR) is 47.5 cm³/mol. The zero-order chi connectivity index (χ0) is 8.27. The van der Waals surface area contributed by atoms with Crippen LogP contribution in [0.5, 0.6) is 0 Å². The molecule has 0 bridgehead atoms. The summed E-state index contributed by atoms with van der Waals surface area (Å²) < 4.78 is 0.699. The average Bonchev–Trinajstić information content (AvgIpc) is 2.05. The lowest BCUT2D eigenvalue weighted by atomic mass is 10.2. The minimum absolute atomic E-state index is 0.396. The van der Waals surface area contributed by atoms with Gasteiger partial charge in [-0.3, -0.25) is 0 Å². The summed E-state index contributed by atoms with van der Waals surface area (Å²) in [6.07, 6.45) is 0. The van der Waals surface area contributed by atoms with Crippen molar-refractivity contribution in [3.8, 4) is 0 Å². The lowest BCUT2D eigenvalue weighted by Crippen LogP contribution is -1.94. The Labute approximate surface area is 72.7 Å². The molecule has 1 aromatic carbocycles. The normalized spacial score (nSPS) is 9.64. The van der Waals surface area contributed by atoms with E-state index in [1.54, 1.807) is 12.1 Å². The van der Waals surface area contributed by atoms with Crippen LogP contribution in [0.25, 0.3) is 0 Å². The summed E-state index contributed by atoms with van der Waals surface area (Å²) in [5, 5.41) is 2.83. The third kappa shape index (κ3) is 1.85. The van der Waals surface area contributed by atoms with Crippen LogP contribution in [0.1, 0.15) is 5.56 Å². The first-order valence-electron chi connectivity index (χ1n) is 3.09. The van der Waals surface area contributed by atoms with Gasteiger partial charge >= 0.3 is 0 Å². The number of nitroso groups, excluding NO2 is 1. The Morgan fingerprint density at radius 3 is 2.82 bits per heavy atom. The van der Waals surface area contributed by atoms with Crippen molar-refractivity contribution >= 4 is 21.6 Å². The number of benzene rings is 1. The zero-order valence-electron chi connectivity index (χ0n) is 5.75. The summed E-state index contributed by atoms with van der Waals surface area (Å²) in [5.41, 5.74) is 6.67. The molecule has 2 N–H and O–H groups in total. The summed E-state index contributed by atoms with van der Waals surface area (Å²) in [6.45, 7) is 0.426. The highest BCUT2D eigenvalue weighted by atomic mass is 79.9. The molecule has 1 rings (SSSR count). The minimum atomic E-state index is 0.396. The van der Waals surface area contributed by atoms with Crippen LogP contribution in [-0.4, -0.2) is 0 Å². The number of hydrogen-bond acceptors (Lipinski definition) is 3. The fraction of sp³-hybridized carbons (Fsp3) is 0.143. The van der Waals surface area contributed by atoms with Gasteiger partial charge in [0.2, 0.25) is 0 Å². The van der Waals surface area contributed by atoms with Gasteiger partial charge in [0.15, 0.2) is 0 Å². The van der Waals surface area contributed by atoms with E-state index in [-0.39, 0.29) is 0 Å². The Morgan fingerprint density at radius 1 is 1.55 bits per heavy atom. The Morgan fingerprint density at radius 2 is 2.27 bits per heavy atom. The third-order valence-electron chi connectivity index (χ3n) is 1.34. The Kier molecular flexibility index (Phi) is 2.73. The van der Waals surface area contributed by atoms with E-state index in [0.717, 1.165) is 5.56 Å². The van der Waals surface area contributed by atoms with Gasteiger partial charge in [0.05, 0.1) is 0 Å². The molecule has 0 saturated heterocycles. The van der Waals surface area contributed by atoms with E-state index in [4.69, 9.17) is 5.73 Å². The molecule has 0 radical (unpaired) electrons. The molecule has 58 valence electrons. The molecule has 0 aliphatic heterocycles. The molecule has 11 heavy (non-hydrogen) atoms. The maximum absolute atomic E-state index is 10.2. The highest BCUT2D eigenvalue weighted by Gasteiger charge is 1.99. The summed E-state index contributed by atoms with van der Waals surface area (Å²) in [4.78, 5) is 10.2. The van der Waals surface area contributed by atoms with Crippen molar-refractivity contribution < 1.29 is 0 Å². The summed E-state index contributed by atoms with van der Waals surface area (Å²) in [5.74, 6) is 0. The molecule has 0 amide bonds. The molecule has 0 aliphatic rings. The van der Waals surface area contributed by atoms with Crippen LogP contribution in [-0.2, 0) is 6.54 Å². The van der Waals surface area contributed by atoms with Crippen molar-refractivity contribution in [2.75, 3.05) is 0 Å². The molecule has 0 saturated carbocycles. The monoisotopic (exact) mass is 214 g/mol. The van der Waals surface area contributed by atoms with Crippen molar-refractivity contribution in [1.29, 1.82) is 0 Å². The number of nitrogens with zero attached hydrogens (tertiary/aromatic N) is 1. The van der Waals surface area contributed by atoms with Crippen molar-refractivity contribution in [3.05, 3.63) is 33.1 Å². The molecule has 0 fully saturated rings. The summed E-state index contributed by atoms with van der Waals surface area (Å²) >= 11 is 3.19. The second kappa shape index (κ2) is 3.59. The lowest BCUT2D eigenvalue weighted by molar-refractivity contribution is 1.07. The van der Waals surface area contributed by atoms with Crippen LogP contribution in [0.2, 0.25) is 0 Å². The molecule has 0 atom stereocenters. The van der Waals surface area contributed by atoms with Gasteiger partial charge in [-0.15, -0.1) is 4.91 Å². The minimum Gasteiger partial charge on any atom is -0.326 e. The van der Waals surface area contributed by atoms with Gasteiger partial charge in [-0.2, -0.15) is 0 Å². The first-order chi connectivity index (χ1) is 5.27. The zero-order valence-corrected chi connectivity index (χ0v) is 7.34. The van der Waals surface area contributed by atoms with E-state index in [2.05, 4.69) is 21.1 Å². The second-order valence-corrected chi connectivity index (χ2v) is 2.94. The van der Waals surface area contributed by atoms with E-state index in [1.165, 1.54) is 0 Å². The highest BCUT2D eigenvalue weighted by Crippen LogP contribution is 2.25. The third-order valence-corrected chi connectivity index (χ3v) is 2.02. The van der Waals surface area contributed by atoms with Gasteiger partial charge < -0.3 is 5.73 Å². The second-order valence-electron chi connectivity index (χ2n) is 2.08. The number of nitrogens with two attached hydrogens (primary N) is 1. The topological polar surface area (TPSA) is 55.4 Å². The van der Waals surface area contributed by atoms with Crippen molar-refractivity contribution in [2.45, 2.75) is 6.54 Å². The highest BCUT2D eigenvalue weighted by molar-refractivity contribution is 9.10. The summed E-state index contributed by atoms with van der Waals surface area (Å²) in [6, 6.07) is 5.27. The van der Waals surface area contributed by atoms with Crippen molar-refractivity contribution in [1.82, 2.24) is 0 Å². The van der Waals surface area contributed by atoms with Gasteiger partial charge in [-0.05, 0) is 38.8 Å². The van der Waals surface area contributed by atoms with Crippen LogP contribution in [0.15, 0.2) is 27.8 Å². The smallest absolute Gasteiger partial charge is 0.122 e. The maximum atomic E-state index is 10.2. The fourth-order valence-electron chi connectivity index (χ4n) is 0.755. The lowest BCUT2D eigenvalue weighted by Gasteiger charge is -1.97. The molecular weight excluding hydrogens is 208 g/mol. The summed E-state index contributed by atoms with van der Waals surface area (Å²) in [7, 11) is 0. The van der Waals surface area contributed by atoms with Crippen LogP contribution >= 0.6 is 15.9 Å². The Hall–Kier alpha value is -0.740. The Balaban J connectivity index is 3.12. The molecule has 0 heterocycles. The molecule has 0 aliphatic carbocycles. The predicted octanol–water partition coefficient (Wildman–Crippen LogP) is 2.31. The molecule has 0 unspecified atom stereocenters.